The van der Waals surface area contributed by atoms with E-state index in [1.807, 2.05) is 11.8 Å². The summed E-state index contributed by atoms with van der Waals surface area (Å²) in [4.78, 5) is 20.8. The summed E-state index contributed by atoms with van der Waals surface area (Å²) in [5.74, 6) is 0.848. The zero-order valence-corrected chi connectivity index (χ0v) is 12.3. The number of hydrogen-bond acceptors (Lipinski definition) is 7. The number of nitrogens with one attached hydrogen (secondary N) is 1. The van der Waals surface area contributed by atoms with Crippen molar-refractivity contribution in [3.8, 4) is 0 Å². The van der Waals surface area contributed by atoms with Gasteiger partial charge in [-0.05, 0) is 19.8 Å². The summed E-state index contributed by atoms with van der Waals surface area (Å²) in [5, 5.41) is 23.8. The van der Waals surface area contributed by atoms with Crippen molar-refractivity contribution in [1.82, 2.24) is 9.97 Å². The van der Waals surface area contributed by atoms with Crippen molar-refractivity contribution in [1.29, 1.82) is 0 Å². The van der Waals surface area contributed by atoms with E-state index < -0.39 is 11.0 Å². The van der Waals surface area contributed by atoms with E-state index >= 15 is 0 Å². The molecular weight excluding hydrogens is 274 g/mol. The Morgan fingerprint density at radius 3 is 3.00 bits per heavy atom. The van der Waals surface area contributed by atoms with Gasteiger partial charge in [0, 0.05) is 25.6 Å². The van der Waals surface area contributed by atoms with Crippen molar-refractivity contribution in [2.24, 2.45) is 5.92 Å². The molecule has 2 atom stereocenters. The van der Waals surface area contributed by atoms with Crippen LogP contribution in [-0.2, 0) is 0 Å². The molecule has 0 radical (unpaired) electrons. The molecule has 1 saturated heterocycles. The van der Waals surface area contributed by atoms with Gasteiger partial charge in [-0.15, -0.1) is 0 Å². The molecule has 1 aliphatic heterocycles. The fourth-order valence-electron chi connectivity index (χ4n) is 2.42. The standard InChI is InChI=1S/C13H21N5O3/c1-3-5-14-13-15-7-11(18(20)21)12(16-13)17-6-4-10(8-17)9(2)19/h7,9-10,19H,3-6,8H2,1-2H3,(H,14,15,16). The number of hydrogen-bond donors (Lipinski definition) is 2. The second-order valence-corrected chi connectivity index (χ2v) is 5.32. The molecule has 0 amide bonds. The van der Waals surface area contributed by atoms with E-state index in [4.69, 9.17) is 0 Å². The van der Waals surface area contributed by atoms with E-state index in [-0.39, 0.29) is 11.6 Å². The maximum Gasteiger partial charge on any atom is 0.329 e. The smallest absolute Gasteiger partial charge is 0.329 e. The van der Waals surface area contributed by atoms with E-state index in [0.29, 0.717) is 31.4 Å². The quantitative estimate of drug-likeness (QED) is 0.604. The van der Waals surface area contributed by atoms with Crippen LogP contribution in [0.2, 0.25) is 0 Å². The van der Waals surface area contributed by atoms with Crippen LogP contribution in [0, 0.1) is 16.0 Å². The predicted molar refractivity (Wildman–Crippen MR) is 79.5 cm³/mol. The highest BCUT2D eigenvalue weighted by molar-refractivity contribution is 5.59. The lowest BCUT2D eigenvalue weighted by Gasteiger charge is -2.18. The molecular formula is C13H21N5O3. The van der Waals surface area contributed by atoms with Gasteiger partial charge in [0.25, 0.3) is 0 Å². The van der Waals surface area contributed by atoms with Crippen LogP contribution in [-0.4, -0.2) is 45.7 Å². The molecule has 1 aliphatic rings. The van der Waals surface area contributed by atoms with Crippen molar-refractivity contribution >= 4 is 17.5 Å². The molecule has 2 N–H and O–H groups in total. The van der Waals surface area contributed by atoms with Gasteiger partial charge in [0.05, 0.1) is 11.0 Å². The third kappa shape index (κ3) is 3.57. The van der Waals surface area contributed by atoms with Crippen molar-refractivity contribution in [2.45, 2.75) is 32.8 Å². The SMILES string of the molecule is CCCNc1ncc([N+](=O)[O-])c(N2CCC(C(C)O)C2)n1. The summed E-state index contributed by atoms with van der Waals surface area (Å²) in [6.45, 7) is 5.71. The molecule has 0 aromatic carbocycles. The van der Waals surface area contributed by atoms with Gasteiger partial charge in [-0.1, -0.05) is 6.92 Å². The highest BCUT2D eigenvalue weighted by Crippen LogP contribution is 2.31. The summed E-state index contributed by atoms with van der Waals surface area (Å²) in [6.07, 6.45) is 2.55. The molecule has 8 nitrogen and oxygen atoms in total. The van der Waals surface area contributed by atoms with Crippen LogP contribution >= 0.6 is 0 Å². The highest BCUT2D eigenvalue weighted by Gasteiger charge is 2.31. The number of nitrogens with zero attached hydrogens (tertiary/aromatic N) is 4. The van der Waals surface area contributed by atoms with Gasteiger partial charge in [0.1, 0.15) is 6.20 Å². The molecule has 0 saturated carbocycles. The van der Waals surface area contributed by atoms with Crippen LogP contribution in [0.1, 0.15) is 26.7 Å². The normalized spacial score (nSPS) is 19.6. The first-order chi connectivity index (χ1) is 10.0. The molecule has 2 rings (SSSR count). The van der Waals surface area contributed by atoms with Gasteiger partial charge in [0.15, 0.2) is 0 Å². The van der Waals surface area contributed by atoms with Crippen molar-refractivity contribution in [3.05, 3.63) is 16.3 Å². The minimum atomic E-state index is -0.464. The molecule has 1 aromatic rings. The van der Waals surface area contributed by atoms with Crippen molar-refractivity contribution in [3.63, 3.8) is 0 Å². The summed E-state index contributed by atoms with van der Waals surface area (Å²) >= 11 is 0. The first-order valence-corrected chi connectivity index (χ1v) is 7.21. The second-order valence-electron chi connectivity index (χ2n) is 5.32. The Morgan fingerprint density at radius 1 is 1.67 bits per heavy atom. The maximum atomic E-state index is 11.1. The lowest BCUT2D eigenvalue weighted by Crippen LogP contribution is -2.25. The Balaban J connectivity index is 2.24. The van der Waals surface area contributed by atoms with E-state index in [1.54, 1.807) is 6.92 Å². The predicted octanol–water partition coefficient (Wildman–Crippen LogP) is 1.41. The van der Waals surface area contributed by atoms with Gasteiger partial charge >= 0.3 is 5.69 Å². The number of aliphatic hydroxyl groups is 1. The minimum Gasteiger partial charge on any atom is -0.393 e. The van der Waals surface area contributed by atoms with Crippen LogP contribution in [0.5, 0.6) is 0 Å². The molecule has 8 heteroatoms. The summed E-state index contributed by atoms with van der Waals surface area (Å²) in [7, 11) is 0. The average molecular weight is 295 g/mol. The first-order valence-electron chi connectivity index (χ1n) is 7.21. The molecule has 0 spiro atoms. The zero-order valence-electron chi connectivity index (χ0n) is 12.3. The Hall–Kier alpha value is -1.96. The van der Waals surface area contributed by atoms with Crippen LogP contribution < -0.4 is 10.2 Å². The molecule has 21 heavy (non-hydrogen) atoms. The van der Waals surface area contributed by atoms with Gasteiger partial charge < -0.3 is 15.3 Å². The highest BCUT2D eigenvalue weighted by atomic mass is 16.6. The van der Waals surface area contributed by atoms with Crippen molar-refractivity contribution < 1.29 is 10.0 Å². The lowest BCUT2D eigenvalue weighted by atomic mass is 10.0. The van der Waals surface area contributed by atoms with Gasteiger partial charge in [-0.3, -0.25) is 10.1 Å². The molecule has 1 aromatic heterocycles. The molecule has 0 aliphatic carbocycles. The topological polar surface area (TPSA) is 104 Å². The van der Waals surface area contributed by atoms with E-state index in [0.717, 1.165) is 12.8 Å². The van der Waals surface area contributed by atoms with E-state index in [1.165, 1.54) is 6.20 Å². The second kappa shape index (κ2) is 6.66. The fourth-order valence-corrected chi connectivity index (χ4v) is 2.42. The van der Waals surface area contributed by atoms with Crippen LogP contribution in [0.15, 0.2) is 6.20 Å². The third-order valence-electron chi connectivity index (χ3n) is 3.69. The first kappa shape index (κ1) is 15.4. The van der Waals surface area contributed by atoms with Gasteiger partial charge in [-0.2, -0.15) is 4.98 Å². The fraction of sp³-hybridized carbons (Fsp3) is 0.692. The summed E-state index contributed by atoms with van der Waals surface area (Å²) in [6, 6.07) is 0. The molecule has 0 bridgehead atoms. The lowest BCUT2D eigenvalue weighted by molar-refractivity contribution is -0.384. The number of aliphatic hydroxyl groups excluding tert-OH is 1. The van der Waals surface area contributed by atoms with E-state index in [9.17, 15) is 15.2 Å². The molecule has 2 unspecified atom stereocenters. The maximum absolute atomic E-state index is 11.1. The van der Waals surface area contributed by atoms with Crippen molar-refractivity contribution in [2.75, 3.05) is 29.9 Å². The Bertz CT molecular complexity index is 509. The van der Waals surface area contributed by atoms with Crippen LogP contribution in [0.4, 0.5) is 17.5 Å². The monoisotopic (exact) mass is 295 g/mol. The molecule has 2 heterocycles. The Morgan fingerprint density at radius 2 is 2.43 bits per heavy atom. The molecule has 116 valence electrons. The number of rotatable bonds is 6. The van der Waals surface area contributed by atoms with E-state index in [2.05, 4.69) is 15.3 Å². The van der Waals surface area contributed by atoms with Crippen LogP contribution in [0.25, 0.3) is 0 Å². The minimum absolute atomic E-state index is 0.0942. The van der Waals surface area contributed by atoms with Crippen LogP contribution in [0.3, 0.4) is 0 Å². The Labute approximate surface area is 123 Å². The summed E-state index contributed by atoms with van der Waals surface area (Å²) < 4.78 is 0. The zero-order chi connectivity index (χ0) is 15.4. The Kier molecular flexibility index (Phi) is 4.89. The number of aromatic nitrogens is 2. The van der Waals surface area contributed by atoms with Gasteiger partial charge in [0.2, 0.25) is 11.8 Å². The average Bonchev–Trinajstić information content (AvgIpc) is 2.94. The third-order valence-corrected chi connectivity index (χ3v) is 3.69. The summed E-state index contributed by atoms with van der Waals surface area (Å²) in [5.41, 5.74) is -0.0942. The number of nitro groups is 1. The number of anilines is 2. The molecule has 1 fully saturated rings. The largest absolute Gasteiger partial charge is 0.393 e. The van der Waals surface area contributed by atoms with Gasteiger partial charge in [-0.25, -0.2) is 4.98 Å².